The molecule has 0 N–H and O–H groups in total. The van der Waals surface area contributed by atoms with Crippen molar-refractivity contribution in [3.05, 3.63) is 35.9 Å². The van der Waals surface area contributed by atoms with Crippen molar-refractivity contribution in [2.24, 2.45) is 0 Å². The van der Waals surface area contributed by atoms with Crippen molar-refractivity contribution in [3.63, 3.8) is 0 Å². The first-order valence-corrected chi connectivity index (χ1v) is 18.0. The van der Waals surface area contributed by atoms with Gasteiger partial charge >= 0.3 is 5.97 Å². The van der Waals surface area contributed by atoms with Gasteiger partial charge < -0.3 is 18.3 Å². The summed E-state index contributed by atoms with van der Waals surface area (Å²) in [4.78, 5) is 13.3. The molecule has 2 fully saturated rings. The van der Waals surface area contributed by atoms with Crippen LogP contribution in [0.4, 0.5) is 0 Å². The van der Waals surface area contributed by atoms with E-state index in [1.807, 2.05) is 18.2 Å². The fourth-order valence-electron chi connectivity index (χ4n) is 4.09. The minimum atomic E-state index is -2.20. The molecule has 0 unspecified atom stereocenters. The van der Waals surface area contributed by atoms with E-state index in [4.69, 9.17) is 18.3 Å². The molecule has 1 aliphatic heterocycles. The van der Waals surface area contributed by atoms with Crippen LogP contribution in [0.25, 0.3) is 0 Å². The van der Waals surface area contributed by atoms with Gasteiger partial charge in [0.25, 0.3) is 0 Å². The van der Waals surface area contributed by atoms with Crippen molar-refractivity contribution in [1.29, 1.82) is 0 Å². The predicted molar refractivity (Wildman–Crippen MR) is 137 cm³/mol. The van der Waals surface area contributed by atoms with Crippen LogP contribution in [0, 0.1) is 0 Å². The number of carbonyl (C=O) groups is 1. The quantitative estimate of drug-likeness (QED) is 0.324. The molecular weight excluding hydrogens is 448 g/mol. The molecule has 0 amide bonds. The number of esters is 1. The summed E-state index contributed by atoms with van der Waals surface area (Å²) in [5.74, 6) is -0.244. The number of carbonyl (C=O) groups excluding carboxylic acids is 1. The molecule has 4 atom stereocenters. The molecule has 0 radical (unpaired) electrons. The Kier molecular flexibility index (Phi) is 7.17. The van der Waals surface area contributed by atoms with Gasteiger partial charge in [0.1, 0.15) is 12.2 Å². The fourth-order valence-corrected chi connectivity index (χ4v) is 6.96. The maximum atomic E-state index is 13.3. The molecular formula is C26H44O5Si2. The van der Waals surface area contributed by atoms with Gasteiger partial charge in [-0.3, -0.25) is 0 Å². The van der Waals surface area contributed by atoms with Gasteiger partial charge in [-0.1, -0.05) is 71.9 Å². The van der Waals surface area contributed by atoms with Crippen LogP contribution in [0.1, 0.15) is 59.9 Å². The maximum absolute atomic E-state index is 13.3. The van der Waals surface area contributed by atoms with Gasteiger partial charge in [0.15, 0.2) is 22.2 Å². The van der Waals surface area contributed by atoms with E-state index in [9.17, 15) is 4.79 Å². The molecule has 2 bridgehead atoms. The Labute approximate surface area is 202 Å². The second-order valence-electron chi connectivity index (χ2n) is 12.9. The van der Waals surface area contributed by atoms with Gasteiger partial charge in [0.2, 0.25) is 0 Å². The molecule has 0 spiro atoms. The number of hydrogen-bond donors (Lipinski definition) is 0. The highest BCUT2D eigenvalue weighted by Crippen LogP contribution is 2.50. The summed E-state index contributed by atoms with van der Waals surface area (Å²) in [6.07, 6.45) is 0.126. The van der Waals surface area contributed by atoms with Crippen LogP contribution in [0.3, 0.4) is 0 Å². The number of fused-ring (bicyclic) bond motifs is 2. The summed E-state index contributed by atoms with van der Waals surface area (Å²) in [6.45, 7) is 22.6. The van der Waals surface area contributed by atoms with Gasteiger partial charge in [0.05, 0.1) is 12.7 Å². The van der Waals surface area contributed by atoms with Crippen molar-refractivity contribution in [3.8, 4) is 0 Å². The van der Waals surface area contributed by atoms with Crippen LogP contribution in [-0.2, 0) is 29.7 Å². The number of hydrogen-bond acceptors (Lipinski definition) is 5. The van der Waals surface area contributed by atoms with Crippen molar-refractivity contribution >= 4 is 22.6 Å². The van der Waals surface area contributed by atoms with E-state index < -0.39 is 22.2 Å². The van der Waals surface area contributed by atoms with E-state index in [0.717, 1.165) is 5.56 Å². The van der Waals surface area contributed by atoms with E-state index in [1.54, 1.807) is 0 Å². The van der Waals surface area contributed by atoms with Crippen LogP contribution < -0.4 is 0 Å². The Hall–Kier alpha value is -0.996. The summed E-state index contributed by atoms with van der Waals surface area (Å²) in [7, 11) is -4.31. The smallest absolute Gasteiger partial charge is 0.337 e. The van der Waals surface area contributed by atoms with Crippen LogP contribution in [0.2, 0.25) is 36.3 Å². The SMILES string of the molecule is CC(C)(C)[Si](C)(C)O[C@@H]1[C@H](OCc2ccccc2)C[C@]2(O[Si](C)(C)C(C)(C)C)C[C@H]1OC2=O. The molecule has 186 valence electrons. The van der Waals surface area contributed by atoms with Gasteiger partial charge in [-0.2, -0.15) is 0 Å². The zero-order valence-corrected chi connectivity index (χ0v) is 24.3. The topological polar surface area (TPSA) is 54.0 Å². The lowest BCUT2D eigenvalue weighted by molar-refractivity contribution is -0.153. The van der Waals surface area contributed by atoms with Crippen molar-refractivity contribution in [2.75, 3.05) is 0 Å². The van der Waals surface area contributed by atoms with Crippen LogP contribution in [0.15, 0.2) is 30.3 Å². The molecule has 33 heavy (non-hydrogen) atoms. The van der Waals surface area contributed by atoms with E-state index in [1.165, 1.54) is 0 Å². The lowest BCUT2D eigenvalue weighted by Gasteiger charge is -2.48. The third-order valence-corrected chi connectivity index (χ3v) is 17.2. The first kappa shape index (κ1) is 26.6. The zero-order chi connectivity index (χ0) is 24.9. The lowest BCUT2D eigenvalue weighted by atomic mass is 9.82. The van der Waals surface area contributed by atoms with Gasteiger partial charge in [-0.15, -0.1) is 0 Å². The number of benzene rings is 1. The van der Waals surface area contributed by atoms with Crippen molar-refractivity contribution in [1.82, 2.24) is 0 Å². The first-order valence-electron chi connectivity index (χ1n) is 12.2. The minimum Gasteiger partial charge on any atom is -0.457 e. The van der Waals surface area contributed by atoms with Crippen molar-refractivity contribution in [2.45, 2.75) is 121 Å². The predicted octanol–water partition coefficient (Wildman–Crippen LogP) is 6.44. The summed E-state index contributed by atoms with van der Waals surface area (Å²) in [5, 5.41) is 0.0424. The van der Waals surface area contributed by atoms with E-state index in [0.29, 0.717) is 19.4 Å². The highest BCUT2D eigenvalue weighted by molar-refractivity contribution is 6.74. The molecule has 1 aromatic rings. The molecule has 3 rings (SSSR count). The molecule has 0 aromatic heterocycles. The first-order chi connectivity index (χ1) is 15.0. The molecule has 1 saturated carbocycles. The Morgan fingerprint density at radius 2 is 1.52 bits per heavy atom. The van der Waals surface area contributed by atoms with E-state index in [-0.39, 0.29) is 34.4 Å². The maximum Gasteiger partial charge on any atom is 0.337 e. The van der Waals surface area contributed by atoms with Crippen molar-refractivity contribution < 1.29 is 23.1 Å². The Morgan fingerprint density at radius 3 is 2.06 bits per heavy atom. The highest BCUT2D eigenvalue weighted by Gasteiger charge is 2.63. The molecule has 1 aliphatic carbocycles. The summed E-state index contributed by atoms with van der Waals surface area (Å²) in [5.41, 5.74) is 0.163. The third kappa shape index (κ3) is 5.48. The normalized spacial score (nSPS) is 28.7. The average Bonchev–Trinajstić information content (AvgIpc) is 2.93. The van der Waals surface area contributed by atoms with Crippen LogP contribution in [0.5, 0.6) is 0 Å². The molecule has 1 saturated heterocycles. The second kappa shape index (κ2) is 8.90. The Bertz CT molecular complexity index is 840. The van der Waals surface area contributed by atoms with Gasteiger partial charge in [-0.25, -0.2) is 4.79 Å². The Balaban J connectivity index is 1.91. The van der Waals surface area contributed by atoms with E-state index in [2.05, 4.69) is 79.9 Å². The summed E-state index contributed by atoms with van der Waals surface area (Å²) < 4.78 is 26.1. The minimum absolute atomic E-state index is 0.00496. The number of ether oxygens (including phenoxy) is 2. The van der Waals surface area contributed by atoms with E-state index >= 15 is 0 Å². The molecule has 1 aromatic carbocycles. The van der Waals surface area contributed by atoms with Gasteiger partial charge in [-0.05, 0) is 41.8 Å². The van der Waals surface area contributed by atoms with Crippen LogP contribution in [-0.4, -0.2) is 46.5 Å². The highest BCUT2D eigenvalue weighted by atomic mass is 28.4. The number of rotatable bonds is 7. The Morgan fingerprint density at radius 1 is 0.939 bits per heavy atom. The monoisotopic (exact) mass is 492 g/mol. The average molecular weight is 493 g/mol. The second-order valence-corrected chi connectivity index (χ2v) is 22.4. The third-order valence-electron chi connectivity index (χ3n) is 8.23. The molecule has 1 heterocycles. The molecule has 5 nitrogen and oxygen atoms in total. The standard InChI is InChI=1S/C26H44O5Si2/c1-24(2,3)32(7,8)30-22-20(28-18-19-14-12-11-13-15-19)16-26(17-21(22)29-23(26)27)31-33(9,10)25(4,5)6/h11-15,20-22H,16-18H2,1-10H3/t20-,21-,22-,26+/m1/s1. The van der Waals surface area contributed by atoms with Gasteiger partial charge in [0, 0.05) is 12.8 Å². The largest absolute Gasteiger partial charge is 0.457 e. The van der Waals surface area contributed by atoms with Crippen LogP contribution >= 0.6 is 0 Å². The molecule has 7 heteroatoms. The summed E-state index contributed by atoms with van der Waals surface area (Å²) in [6, 6.07) is 10.2. The molecule has 2 aliphatic rings. The fraction of sp³-hybridized carbons (Fsp3) is 0.731. The summed E-state index contributed by atoms with van der Waals surface area (Å²) >= 11 is 0. The zero-order valence-electron chi connectivity index (χ0n) is 22.3. The lowest BCUT2D eigenvalue weighted by Crippen LogP contribution is -2.59.